The minimum atomic E-state index is -4.75. The second-order valence-electron chi connectivity index (χ2n) is 6.58. The van der Waals surface area contributed by atoms with Crippen LogP contribution in [0, 0.1) is 5.92 Å². The van der Waals surface area contributed by atoms with E-state index in [0.717, 1.165) is 0 Å². The van der Waals surface area contributed by atoms with Gasteiger partial charge in [-0.3, -0.25) is 14.8 Å². The van der Waals surface area contributed by atoms with Gasteiger partial charge in [-0.05, 0) is 31.2 Å². The number of nitrogens with one attached hydrogen (secondary N) is 1. The molecule has 156 valence electrons. The van der Waals surface area contributed by atoms with Crippen molar-refractivity contribution in [3.8, 4) is 5.75 Å². The van der Waals surface area contributed by atoms with E-state index in [-0.39, 0.29) is 11.8 Å². The first-order valence-corrected chi connectivity index (χ1v) is 8.56. The van der Waals surface area contributed by atoms with Crippen molar-refractivity contribution in [2.24, 2.45) is 5.92 Å². The van der Waals surface area contributed by atoms with Crippen LogP contribution in [-0.2, 0) is 9.59 Å². The first-order valence-electron chi connectivity index (χ1n) is 8.56. The van der Waals surface area contributed by atoms with E-state index < -0.39 is 30.2 Å². The van der Waals surface area contributed by atoms with Crippen molar-refractivity contribution in [2.45, 2.75) is 32.4 Å². The van der Waals surface area contributed by atoms with E-state index in [4.69, 9.17) is 5.21 Å². The summed E-state index contributed by atoms with van der Waals surface area (Å²) in [4.78, 5) is 27.3. The normalized spacial score (nSPS) is 19.8. The van der Waals surface area contributed by atoms with Crippen LogP contribution in [0.15, 0.2) is 24.3 Å². The standard InChI is InChI=1S/C17H22F3N3O5/c1-10-9-22(12-3-5-13(6-4-12)28-17(18,19)20)7-8-23(10)16(26)11(2)14(24)15(25)21-27/h3-6,10-11,14,24,27H,7-9H2,1-2H3,(H,21,25)/t10-,11+,14+/m1/s1. The van der Waals surface area contributed by atoms with Gasteiger partial charge in [0.05, 0.1) is 5.92 Å². The molecule has 0 unspecified atom stereocenters. The van der Waals surface area contributed by atoms with Crippen LogP contribution in [0.4, 0.5) is 18.9 Å². The quantitative estimate of drug-likeness (QED) is 0.501. The van der Waals surface area contributed by atoms with E-state index in [1.807, 2.05) is 4.90 Å². The van der Waals surface area contributed by atoms with Crippen molar-refractivity contribution in [3.63, 3.8) is 0 Å². The number of carbonyl (C=O) groups excluding carboxylic acids is 2. The third-order valence-electron chi connectivity index (χ3n) is 4.59. The Kier molecular flexibility index (Phi) is 6.73. The van der Waals surface area contributed by atoms with Gasteiger partial charge in [0, 0.05) is 31.4 Å². The van der Waals surface area contributed by atoms with Crippen LogP contribution in [0.1, 0.15) is 13.8 Å². The summed E-state index contributed by atoms with van der Waals surface area (Å²) in [6.45, 7) is 4.32. The molecule has 0 aromatic heterocycles. The van der Waals surface area contributed by atoms with E-state index in [0.29, 0.717) is 25.3 Å². The maximum absolute atomic E-state index is 12.6. The predicted octanol–water partition coefficient (Wildman–Crippen LogP) is 1.12. The summed E-state index contributed by atoms with van der Waals surface area (Å²) in [5.74, 6) is -2.85. The summed E-state index contributed by atoms with van der Waals surface area (Å²) in [5.41, 5.74) is 1.99. The fourth-order valence-electron chi connectivity index (χ4n) is 3.07. The zero-order valence-corrected chi connectivity index (χ0v) is 15.3. The molecule has 0 radical (unpaired) electrons. The number of anilines is 1. The van der Waals surface area contributed by atoms with E-state index in [1.165, 1.54) is 41.6 Å². The van der Waals surface area contributed by atoms with Gasteiger partial charge in [0.25, 0.3) is 5.91 Å². The molecule has 3 N–H and O–H groups in total. The Morgan fingerprint density at radius 2 is 1.86 bits per heavy atom. The number of halogens is 3. The smallest absolute Gasteiger partial charge is 0.406 e. The highest BCUT2D eigenvalue weighted by Gasteiger charge is 2.35. The molecular weight excluding hydrogens is 383 g/mol. The lowest BCUT2D eigenvalue weighted by Crippen LogP contribution is -2.57. The number of carbonyl (C=O) groups is 2. The molecule has 28 heavy (non-hydrogen) atoms. The van der Waals surface area contributed by atoms with E-state index in [9.17, 15) is 27.9 Å². The van der Waals surface area contributed by atoms with Crippen molar-refractivity contribution < 1.29 is 37.8 Å². The predicted molar refractivity (Wildman–Crippen MR) is 91.6 cm³/mol. The fraction of sp³-hybridized carbons (Fsp3) is 0.529. The molecule has 1 saturated heterocycles. The second kappa shape index (κ2) is 8.65. The summed E-state index contributed by atoms with van der Waals surface area (Å²) < 4.78 is 40.5. The van der Waals surface area contributed by atoms with Crippen molar-refractivity contribution in [1.29, 1.82) is 0 Å². The van der Waals surface area contributed by atoms with Gasteiger partial charge in [-0.15, -0.1) is 13.2 Å². The lowest BCUT2D eigenvalue weighted by molar-refractivity contribution is -0.274. The van der Waals surface area contributed by atoms with Crippen LogP contribution in [0.25, 0.3) is 0 Å². The summed E-state index contributed by atoms with van der Waals surface area (Å²) in [6, 6.07) is 5.18. The molecule has 0 aliphatic carbocycles. The highest BCUT2D eigenvalue weighted by molar-refractivity contribution is 5.88. The van der Waals surface area contributed by atoms with Gasteiger partial charge < -0.3 is 19.6 Å². The Bertz CT molecular complexity index is 698. The first kappa shape index (κ1) is 21.8. The Morgan fingerprint density at radius 1 is 1.25 bits per heavy atom. The lowest BCUT2D eigenvalue weighted by atomic mass is 10.0. The van der Waals surface area contributed by atoms with Gasteiger partial charge in [-0.25, -0.2) is 5.48 Å². The van der Waals surface area contributed by atoms with E-state index in [2.05, 4.69) is 4.74 Å². The average Bonchev–Trinajstić information content (AvgIpc) is 2.64. The number of hydrogen-bond donors (Lipinski definition) is 3. The van der Waals surface area contributed by atoms with Crippen LogP contribution in [-0.4, -0.2) is 65.2 Å². The minimum Gasteiger partial charge on any atom is -0.406 e. The minimum absolute atomic E-state index is 0.265. The number of hydrogen-bond acceptors (Lipinski definition) is 6. The largest absolute Gasteiger partial charge is 0.573 e. The molecule has 2 rings (SSSR count). The van der Waals surface area contributed by atoms with Crippen molar-refractivity contribution in [2.75, 3.05) is 24.5 Å². The van der Waals surface area contributed by atoms with Gasteiger partial charge in [0.1, 0.15) is 11.9 Å². The van der Waals surface area contributed by atoms with Gasteiger partial charge in [-0.2, -0.15) is 0 Å². The number of ether oxygens (including phenoxy) is 1. The van der Waals surface area contributed by atoms with Crippen LogP contribution in [0.5, 0.6) is 5.75 Å². The zero-order chi connectivity index (χ0) is 21.1. The molecule has 8 nitrogen and oxygen atoms in total. The maximum atomic E-state index is 12.6. The van der Waals surface area contributed by atoms with Gasteiger partial charge in [-0.1, -0.05) is 6.92 Å². The number of piperazine rings is 1. The Balaban J connectivity index is 1.99. The highest BCUT2D eigenvalue weighted by atomic mass is 19.4. The van der Waals surface area contributed by atoms with Crippen molar-refractivity contribution in [3.05, 3.63) is 24.3 Å². The highest BCUT2D eigenvalue weighted by Crippen LogP contribution is 2.27. The number of alkyl halides is 3. The van der Waals surface area contributed by atoms with E-state index >= 15 is 0 Å². The molecular formula is C17H22F3N3O5. The number of nitrogens with zero attached hydrogens (tertiary/aromatic N) is 2. The first-order chi connectivity index (χ1) is 13.0. The summed E-state index contributed by atoms with van der Waals surface area (Å²) in [5, 5.41) is 18.4. The molecule has 1 aromatic rings. The van der Waals surface area contributed by atoms with Gasteiger partial charge in [0.2, 0.25) is 5.91 Å². The molecule has 3 atom stereocenters. The maximum Gasteiger partial charge on any atom is 0.573 e. The Hall–Kier alpha value is -2.53. The van der Waals surface area contributed by atoms with Crippen molar-refractivity contribution >= 4 is 17.5 Å². The van der Waals surface area contributed by atoms with Gasteiger partial charge >= 0.3 is 6.36 Å². The molecule has 2 amide bonds. The monoisotopic (exact) mass is 405 g/mol. The molecule has 0 saturated carbocycles. The third kappa shape index (κ3) is 5.26. The average molecular weight is 405 g/mol. The number of aliphatic hydroxyl groups is 1. The summed E-state index contributed by atoms with van der Waals surface area (Å²) in [7, 11) is 0. The van der Waals surface area contributed by atoms with E-state index in [1.54, 1.807) is 6.92 Å². The van der Waals surface area contributed by atoms with Crippen LogP contribution >= 0.6 is 0 Å². The molecule has 0 bridgehead atoms. The Labute approximate surface area is 159 Å². The number of aliphatic hydroxyl groups excluding tert-OH is 1. The topological polar surface area (TPSA) is 102 Å². The third-order valence-corrected chi connectivity index (χ3v) is 4.59. The second-order valence-corrected chi connectivity index (χ2v) is 6.58. The molecule has 1 fully saturated rings. The molecule has 11 heteroatoms. The molecule has 0 spiro atoms. The zero-order valence-electron chi connectivity index (χ0n) is 15.3. The number of amides is 2. The SMILES string of the molecule is C[C@H](C(=O)N1CCN(c2ccc(OC(F)(F)F)cc2)C[C@H]1C)[C@H](O)C(=O)NO. The van der Waals surface area contributed by atoms with Crippen molar-refractivity contribution in [1.82, 2.24) is 10.4 Å². The molecule has 1 aliphatic rings. The molecule has 1 aromatic carbocycles. The summed E-state index contributed by atoms with van der Waals surface area (Å²) in [6.07, 6.45) is -6.43. The van der Waals surface area contributed by atoms with Crippen LogP contribution < -0.4 is 15.1 Å². The number of rotatable bonds is 5. The van der Waals surface area contributed by atoms with Gasteiger partial charge in [0.15, 0.2) is 0 Å². The molecule has 1 heterocycles. The molecule has 1 aliphatic heterocycles. The van der Waals surface area contributed by atoms with Crippen LogP contribution in [0.3, 0.4) is 0 Å². The van der Waals surface area contributed by atoms with Crippen LogP contribution in [0.2, 0.25) is 0 Å². The summed E-state index contributed by atoms with van der Waals surface area (Å²) >= 11 is 0. The number of benzene rings is 1. The Morgan fingerprint density at radius 3 is 2.36 bits per heavy atom. The fourth-order valence-corrected chi connectivity index (χ4v) is 3.07. The number of hydroxylamine groups is 1. The lowest BCUT2D eigenvalue weighted by Gasteiger charge is -2.42.